The lowest BCUT2D eigenvalue weighted by atomic mass is 9.99. The fraction of sp³-hybridized carbons (Fsp3) is 0.833. The average molecular weight is 211 g/mol. The van der Waals surface area contributed by atoms with Crippen molar-refractivity contribution in [1.29, 1.82) is 5.26 Å². The zero-order chi connectivity index (χ0) is 11.5. The Bertz CT molecular complexity index is 202. The number of nitriles is 1. The van der Waals surface area contributed by atoms with Gasteiger partial charge < -0.3 is 4.74 Å². The Kier molecular flexibility index (Phi) is 8.85. The van der Waals surface area contributed by atoms with Crippen LogP contribution in [0, 0.1) is 17.2 Å². The lowest BCUT2D eigenvalue weighted by molar-refractivity contribution is -0.149. The normalized spacial score (nSPS) is 10.0. The number of esters is 1. The van der Waals surface area contributed by atoms with Crippen molar-refractivity contribution >= 4 is 5.97 Å². The van der Waals surface area contributed by atoms with Gasteiger partial charge in [0.15, 0.2) is 0 Å². The van der Waals surface area contributed by atoms with Gasteiger partial charge in [-0.25, -0.2) is 0 Å². The van der Waals surface area contributed by atoms with E-state index in [1.165, 1.54) is 0 Å². The van der Waals surface area contributed by atoms with Gasteiger partial charge >= 0.3 is 5.97 Å². The van der Waals surface area contributed by atoms with Gasteiger partial charge in [-0.3, -0.25) is 4.79 Å². The van der Waals surface area contributed by atoms with E-state index in [2.05, 4.69) is 13.8 Å². The van der Waals surface area contributed by atoms with Crippen LogP contribution < -0.4 is 0 Å². The van der Waals surface area contributed by atoms with E-state index in [9.17, 15) is 4.79 Å². The second-order valence-corrected chi connectivity index (χ2v) is 3.70. The van der Waals surface area contributed by atoms with Crippen LogP contribution in [0.1, 0.15) is 52.4 Å². The quantitative estimate of drug-likeness (QED) is 0.458. The van der Waals surface area contributed by atoms with Crippen molar-refractivity contribution in [1.82, 2.24) is 0 Å². The minimum atomic E-state index is -0.0864. The monoisotopic (exact) mass is 211 g/mol. The second kappa shape index (κ2) is 9.51. The highest BCUT2D eigenvalue weighted by Crippen LogP contribution is 2.15. The van der Waals surface area contributed by atoms with Crippen molar-refractivity contribution in [2.75, 3.05) is 6.61 Å². The molecule has 0 aliphatic carbocycles. The third kappa shape index (κ3) is 6.96. The molecule has 86 valence electrons. The van der Waals surface area contributed by atoms with Gasteiger partial charge in [-0.1, -0.05) is 26.7 Å². The highest BCUT2D eigenvalue weighted by Gasteiger charge is 2.17. The molecule has 3 nitrogen and oxygen atoms in total. The molecule has 0 spiro atoms. The number of hydrogen-bond acceptors (Lipinski definition) is 3. The summed E-state index contributed by atoms with van der Waals surface area (Å²) >= 11 is 0. The number of carbonyl (C=O) groups excluding carboxylic acids is 1. The van der Waals surface area contributed by atoms with Crippen LogP contribution in [0.3, 0.4) is 0 Å². The number of nitrogens with zero attached hydrogens (tertiary/aromatic N) is 1. The fourth-order valence-electron chi connectivity index (χ4n) is 1.52. The van der Waals surface area contributed by atoms with Gasteiger partial charge in [0.05, 0.1) is 18.6 Å². The molecule has 0 aliphatic heterocycles. The highest BCUT2D eigenvalue weighted by atomic mass is 16.5. The predicted molar refractivity (Wildman–Crippen MR) is 59.1 cm³/mol. The molecular formula is C12H21NO2. The Morgan fingerprint density at radius 2 is 1.93 bits per heavy atom. The lowest BCUT2D eigenvalue weighted by Crippen LogP contribution is -2.18. The van der Waals surface area contributed by atoms with Crippen molar-refractivity contribution < 1.29 is 9.53 Å². The minimum Gasteiger partial charge on any atom is -0.465 e. The summed E-state index contributed by atoms with van der Waals surface area (Å²) in [4.78, 5) is 11.6. The maximum Gasteiger partial charge on any atom is 0.308 e. The molecule has 0 aromatic heterocycles. The SMILES string of the molecule is CCCC(CCC)C(=O)OCCCC#N. The molecule has 3 heteroatoms. The van der Waals surface area contributed by atoms with Crippen LogP contribution in [0.25, 0.3) is 0 Å². The third-order valence-electron chi connectivity index (χ3n) is 2.28. The highest BCUT2D eigenvalue weighted by molar-refractivity contribution is 5.72. The van der Waals surface area contributed by atoms with Gasteiger partial charge in [-0.15, -0.1) is 0 Å². The van der Waals surface area contributed by atoms with Crippen LogP contribution in [0.5, 0.6) is 0 Å². The number of ether oxygens (including phenoxy) is 1. The molecule has 0 heterocycles. The van der Waals surface area contributed by atoms with Crippen LogP contribution in [0.2, 0.25) is 0 Å². The molecule has 0 aromatic rings. The lowest BCUT2D eigenvalue weighted by Gasteiger charge is -2.13. The smallest absolute Gasteiger partial charge is 0.308 e. The van der Waals surface area contributed by atoms with Gasteiger partial charge in [0.2, 0.25) is 0 Å². The van der Waals surface area contributed by atoms with E-state index in [4.69, 9.17) is 10.00 Å². The first kappa shape index (κ1) is 14.0. The molecule has 0 bridgehead atoms. The summed E-state index contributed by atoms with van der Waals surface area (Å²) in [6, 6.07) is 2.03. The predicted octanol–water partition coefficient (Wildman–Crippen LogP) is 3.05. The van der Waals surface area contributed by atoms with E-state index in [1.807, 2.05) is 6.07 Å². The second-order valence-electron chi connectivity index (χ2n) is 3.70. The van der Waals surface area contributed by atoms with Crippen molar-refractivity contribution in [3.05, 3.63) is 0 Å². The van der Waals surface area contributed by atoms with Crippen LogP contribution in [-0.4, -0.2) is 12.6 Å². The summed E-state index contributed by atoms with van der Waals surface area (Å²) in [6.45, 7) is 4.54. The first-order chi connectivity index (χ1) is 7.26. The average Bonchev–Trinajstić information content (AvgIpc) is 2.24. The Balaban J connectivity index is 3.76. The van der Waals surface area contributed by atoms with E-state index in [1.54, 1.807) is 0 Å². The first-order valence-corrected chi connectivity index (χ1v) is 5.79. The van der Waals surface area contributed by atoms with Crippen molar-refractivity contribution in [3.8, 4) is 6.07 Å². The van der Waals surface area contributed by atoms with Crippen LogP contribution in [-0.2, 0) is 9.53 Å². The van der Waals surface area contributed by atoms with Gasteiger partial charge in [-0.2, -0.15) is 5.26 Å². The molecular weight excluding hydrogens is 190 g/mol. The summed E-state index contributed by atoms with van der Waals surface area (Å²) in [5.74, 6) is -0.0290. The number of hydrogen-bond donors (Lipinski definition) is 0. The summed E-state index contributed by atoms with van der Waals surface area (Å²) in [5.41, 5.74) is 0. The topological polar surface area (TPSA) is 50.1 Å². The van der Waals surface area contributed by atoms with Crippen LogP contribution >= 0.6 is 0 Å². The van der Waals surface area contributed by atoms with E-state index in [-0.39, 0.29) is 11.9 Å². The van der Waals surface area contributed by atoms with Crippen molar-refractivity contribution in [2.24, 2.45) is 5.92 Å². The maximum absolute atomic E-state index is 11.6. The molecule has 0 saturated carbocycles. The molecule has 0 rings (SSSR count). The largest absolute Gasteiger partial charge is 0.465 e. The molecule has 0 aromatic carbocycles. The molecule has 0 atom stereocenters. The summed E-state index contributed by atoms with van der Waals surface area (Å²) in [7, 11) is 0. The Hall–Kier alpha value is -1.04. The molecule has 0 N–H and O–H groups in total. The molecule has 0 fully saturated rings. The Labute approximate surface area is 92.4 Å². The zero-order valence-corrected chi connectivity index (χ0v) is 9.79. The number of rotatable bonds is 8. The maximum atomic E-state index is 11.6. The summed E-state index contributed by atoms with van der Waals surface area (Å²) in [5, 5.41) is 8.32. The van der Waals surface area contributed by atoms with Gasteiger partial charge in [0.25, 0.3) is 0 Å². The Morgan fingerprint density at radius 3 is 2.40 bits per heavy atom. The van der Waals surface area contributed by atoms with E-state index in [0.717, 1.165) is 25.7 Å². The van der Waals surface area contributed by atoms with E-state index >= 15 is 0 Å². The minimum absolute atomic E-state index is 0.0575. The van der Waals surface area contributed by atoms with Crippen molar-refractivity contribution in [3.63, 3.8) is 0 Å². The molecule has 0 unspecified atom stereocenters. The van der Waals surface area contributed by atoms with Crippen LogP contribution in [0.15, 0.2) is 0 Å². The van der Waals surface area contributed by atoms with Gasteiger partial charge in [0.1, 0.15) is 0 Å². The van der Waals surface area contributed by atoms with Crippen molar-refractivity contribution in [2.45, 2.75) is 52.4 Å². The Morgan fingerprint density at radius 1 is 1.33 bits per heavy atom. The molecule has 0 saturated heterocycles. The van der Waals surface area contributed by atoms with E-state index in [0.29, 0.717) is 19.4 Å². The zero-order valence-electron chi connectivity index (χ0n) is 9.79. The van der Waals surface area contributed by atoms with Crippen LogP contribution in [0.4, 0.5) is 0 Å². The molecule has 0 radical (unpaired) electrons. The molecule has 0 aliphatic rings. The number of carbonyl (C=O) groups is 1. The van der Waals surface area contributed by atoms with Gasteiger partial charge in [-0.05, 0) is 19.3 Å². The number of unbranched alkanes of at least 4 members (excludes halogenated alkanes) is 1. The summed E-state index contributed by atoms with van der Waals surface area (Å²) < 4.78 is 5.12. The molecule has 15 heavy (non-hydrogen) atoms. The summed E-state index contributed by atoms with van der Waals surface area (Å²) in [6.07, 6.45) is 4.94. The molecule has 0 amide bonds. The fourth-order valence-corrected chi connectivity index (χ4v) is 1.52. The standard InChI is InChI=1S/C12H21NO2/c1-3-7-11(8-4-2)12(14)15-10-6-5-9-13/h11H,3-8,10H2,1-2H3. The van der Waals surface area contributed by atoms with E-state index < -0.39 is 0 Å². The third-order valence-corrected chi connectivity index (χ3v) is 2.28. The van der Waals surface area contributed by atoms with Gasteiger partial charge in [0, 0.05) is 6.42 Å². The first-order valence-electron chi connectivity index (χ1n) is 5.79.